The molecular weight excluding hydrogens is 208 g/mol. The number of rotatable bonds is 1. The number of ether oxygens (including phenoxy) is 1. The molecule has 0 aromatic carbocycles. The standard InChI is InChI=1S/C12H16O4/c1-12-6-5-8(13)10(11(15)16-2)7(12)3-4-9(12)14/h7,10H,3-6H2,1-2H3/t7-,10+,12-/m0/s1. The van der Waals surface area contributed by atoms with Gasteiger partial charge in [-0.05, 0) is 18.8 Å². The van der Waals surface area contributed by atoms with E-state index < -0.39 is 17.3 Å². The smallest absolute Gasteiger partial charge is 0.316 e. The summed E-state index contributed by atoms with van der Waals surface area (Å²) >= 11 is 0. The highest BCUT2D eigenvalue weighted by Crippen LogP contribution is 2.51. The van der Waals surface area contributed by atoms with Crippen molar-refractivity contribution in [3.05, 3.63) is 0 Å². The van der Waals surface area contributed by atoms with E-state index in [-0.39, 0.29) is 17.5 Å². The lowest BCUT2D eigenvalue weighted by Crippen LogP contribution is -2.45. The number of methoxy groups -OCH3 is 1. The van der Waals surface area contributed by atoms with Crippen molar-refractivity contribution >= 4 is 17.5 Å². The second-order valence-corrected chi connectivity index (χ2v) is 4.95. The number of hydrogen-bond donors (Lipinski definition) is 0. The summed E-state index contributed by atoms with van der Waals surface area (Å²) < 4.78 is 4.68. The first kappa shape index (κ1) is 11.3. The summed E-state index contributed by atoms with van der Waals surface area (Å²) in [6, 6.07) is 0. The molecule has 0 N–H and O–H groups in total. The fourth-order valence-corrected chi connectivity index (χ4v) is 3.14. The molecule has 2 rings (SSSR count). The molecule has 2 aliphatic carbocycles. The number of Topliss-reactive ketones (excluding diaryl/α,β-unsaturated/α-hetero) is 2. The van der Waals surface area contributed by atoms with Gasteiger partial charge in [-0.3, -0.25) is 14.4 Å². The topological polar surface area (TPSA) is 60.4 Å². The Kier molecular flexibility index (Phi) is 2.60. The minimum Gasteiger partial charge on any atom is -0.468 e. The van der Waals surface area contributed by atoms with Crippen LogP contribution in [0.1, 0.15) is 32.6 Å². The van der Waals surface area contributed by atoms with Crippen molar-refractivity contribution in [1.82, 2.24) is 0 Å². The molecule has 0 amide bonds. The zero-order chi connectivity index (χ0) is 11.9. The van der Waals surface area contributed by atoms with Crippen LogP contribution in [0, 0.1) is 17.3 Å². The lowest BCUT2D eigenvalue weighted by atomic mass is 9.63. The van der Waals surface area contributed by atoms with Crippen LogP contribution in [0.4, 0.5) is 0 Å². The van der Waals surface area contributed by atoms with E-state index in [0.717, 1.165) is 0 Å². The van der Waals surface area contributed by atoms with Crippen molar-refractivity contribution in [1.29, 1.82) is 0 Å². The highest BCUT2D eigenvalue weighted by atomic mass is 16.5. The van der Waals surface area contributed by atoms with E-state index in [0.29, 0.717) is 25.7 Å². The second kappa shape index (κ2) is 3.68. The van der Waals surface area contributed by atoms with Gasteiger partial charge in [-0.15, -0.1) is 0 Å². The summed E-state index contributed by atoms with van der Waals surface area (Å²) in [6.07, 6.45) is 2.03. The summed E-state index contributed by atoms with van der Waals surface area (Å²) in [5.41, 5.74) is -0.479. The number of carbonyl (C=O) groups excluding carboxylic acids is 3. The Hall–Kier alpha value is -1.19. The van der Waals surface area contributed by atoms with Gasteiger partial charge in [0.25, 0.3) is 0 Å². The third-order valence-electron chi connectivity index (χ3n) is 4.23. The van der Waals surface area contributed by atoms with E-state index in [4.69, 9.17) is 0 Å². The minimum atomic E-state index is -0.713. The van der Waals surface area contributed by atoms with Gasteiger partial charge in [0.05, 0.1) is 7.11 Å². The molecule has 0 spiro atoms. The first-order chi connectivity index (χ1) is 7.50. The number of hydrogen-bond acceptors (Lipinski definition) is 4. The maximum Gasteiger partial charge on any atom is 0.316 e. The lowest BCUT2D eigenvalue weighted by molar-refractivity contribution is -0.157. The van der Waals surface area contributed by atoms with Gasteiger partial charge in [0.1, 0.15) is 17.5 Å². The van der Waals surface area contributed by atoms with Crippen LogP contribution in [0.15, 0.2) is 0 Å². The first-order valence-electron chi connectivity index (χ1n) is 5.64. The molecule has 4 nitrogen and oxygen atoms in total. The SMILES string of the molecule is COC(=O)[C@H]1C(=O)CC[C@]2(C)C(=O)CC[C@@H]12. The Bertz CT molecular complexity index is 352. The van der Waals surface area contributed by atoms with Crippen LogP contribution in [-0.4, -0.2) is 24.6 Å². The third-order valence-corrected chi connectivity index (χ3v) is 4.23. The Balaban J connectivity index is 2.34. The lowest BCUT2D eigenvalue weighted by Gasteiger charge is -2.38. The van der Waals surface area contributed by atoms with E-state index in [9.17, 15) is 14.4 Å². The van der Waals surface area contributed by atoms with Crippen molar-refractivity contribution in [3.63, 3.8) is 0 Å². The van der Waals surface area contributed by atoms with Crippen LogP contribution in [-0.2, 0) is 19.1 Å². The molecule has 2 aliphatic rings. The Morgan fingerprint density at radius 3 is 2.69 bits per heavy atom. The molecule has 0 bridgehead atoms. The van der Waals surface area contributed by atoms with E-state index in [2.05, 4.69) is 4.74 Å². The van der Waals surface area contributed by atoms with Crippen LogP contribution in [0.25, 0.3) is 0 Å². The van der Waals surface area contributed by atoms with Crippen LogP contribution in [0.3, 0.4) is 0 Å². The third kappa shape index (κ3) is 1.39. The molecule has 0 aromatic heterocycles. The van der Waals surface area contributed by atoms with E-state index in [1.54, 1.807) is 0 Å². The zero-order valence-corrected chi connectivity index (χ0v) is 9.62. The minimum absolute atomic E-state index is 0.0657. The fraction of sp³-hybridized carbons (Fsp3) is 0.750. The van der Waals surface area contributed by atoms with Crippen LogP contribution < -0.4 is 0 Å². The van der Waals surface area contributed by atoms with E-state index in [1.807, 2.05) is 6.92 Å². The summed E-state index contributed by atoms with van der Waals surface area (Å²) in [6.45, 7) is 1.88. The van der Waals surface area contributed by atoms with Gasteiger partial charge in [0, 0.05) is 18.3 Å². The molecule has 2 fully saturated rings. The van der Waals surface area contributed by atoms with Crippen LogP contribution in [0.5, 0.6) is 0 Å². The Morgan fingerprint density at radius 1 is 1.38 bits per heavy atom. The molecular formula is C12H16O4. The monoisotopic (exact) mass is 224 g/mol. The highest BCUT2D eigenvalue weighted by molar-refractivity contribution is 6.02. The molecule has 0 aromatic rings. The summed E-state index contributed by atoms with van der Waals surface area (Å²) in [5, 5.41) is 0. The van der Waals surface area contributed by atoms with Gasteiger partial charge < -0.3 is 4.74 Å². The van der Waals surface area contributed by atoms with Gasteiger partial charge in [-0.2, -0.15) is 0 Å². The molecule has 0 radical (unpaired) electrons. The van der Waals surface area contributed by atoms with Gasteiger partial charge in [0.2, 0.25) is 0 Å². The zero-order valence-electron chi connectivity index (χ0n) is 9.62. The molecule has 88 valence electrons. The van der Waals surface area contributed by atoms with Crippen molar-refractivity contribution in [2.24, 2.45) is 17.3 Å². The highest BCUT2D eigenvalue weighted by Gasteiger charge is 2.56. The fourth-order valence-electron chi connectivity index (χ4n) is 3.14. The molecule has 3 atom stereocenters. The van der Waals surface area contributed by atoms with Crippen molar-refractivity contribution in [2.75, 3.05) is 7.11 Å². The predicted molar refractivity (Wildman–Crippen MR) is 55.6 cm³/mol. The molecule has 0 saturated heterocycles. The summed E-state index contributed by atoms with van der Waals surface area (Å²) in [4.78, 5) is 35.2. The first-order valence-corrected chi connectivity index (χ1v) is 5.64. The van der Waals surface area contributed by atoms with Crippen LogP contribution in [0.2, 0.25) is 0 Å². The second-order valence-electron chi connectivity index (χ2n) is 4.95. The summed E-state index contributed by atoms with van der Waals surface area (Å²) in [7, 11) is 1.29. The van der Waals surface area contributed by atoms with Gasteiger partial charge in [-0.25, -0.2) is 0 Å². The molecule has 0 aliphatic heterocycles. The molecule has 4 heteroatoms. The van der Waals surface area contributed by atoms with E-state index >= 15 is 0 Å². The number of carbonyl (C=O) groups is 3. The maximum atomic E-state index is 11.8. The molecule has 0 unspecified atom stereocenters. The maximum absolute atomic E-state index is 11.8. The number of ketones is 2. The normalized spacial score (nSPS) is 38.4. The van der Waals surface area contributed by atoms with Gasteiger partial charge in [-0.1, -0.05) is 6.92 Å². The molecule has 16 heavy (non-hydrogen) atoms. The molecule has 2 saturated carbocycles. The Morgan fingerprint density at radius 2 is 2.06 bits per heavy atom. The van der Waals surface area contributed by atoms with Gasteiger partial charge in [0.15, 0.2) is 0 Å². The number of esters is 1. The Labute approximate surface area is 94.3 Å². The van der Waals surface area contributed by atoms with Crippen molar-refractivity contribution < 1.29 is 19.1 Å². The largest absolute Gasteiger partial charge is 0.468 e. The van der Waals surface area contributed by atoms with E-state index in [1.165, 1.54) is 7.11 Å². The van der Waals surface area contributed by atoms with Crippen molar-refractivity contribution in [3.8, 4) is 0 Å². The average molecular weight is 224 g/mol. The van der Waals surface area contributed by atoms with Crippen LogP contribution >= 0.6 is 0 Å². The average Bonchev–Trinajstić information content (AvgIpc) is 2.56. The molecule has 0 heterocycles. The predicted octanol–water partition coefficient (Wildman–Crippen LogP) is 1.12. The summed E-state index contributed by atoms with van der Waals surface area (Å²) in [5.74, 6) is -1.21. The van der Waals surface area contributed by atoms with Gasteiger partial charge >= 0.3 is 5.97 Å². The number of fused-ring (bicyclic) bond motifs is 1. The quantitative estimate of drug-likeness (QED) is 0.494. The van der Waals surface area contributed by atoms with Crippen molar-refractivity contribution in [2.45, 2.75) is 32.6 Å².